The van der Waals surface area contributed by atoms with Crippen molar-refractivity contribution < 1.29 is 57.9 Å². The molecular formula is C26H31BrN2O14. The van der Waals surface area contributed by atoms with Crippen molar-refractivity contribution in [2.75, 3.05) is 14.2 Å². The van der Waals surface area contributed by atoms with Gasteiger partial charge in [0.15, 0.2) is 11.5 Å². The minimum absolute atomic E-state index is 0.0250. The largest absolute Gasteiger partial charge is 0.502 e. The molecule has 0 aromatic heterocycles. The summed E-state index contributed by atoms with van der Waals surface area (Å²) in [5.41, 5.74) is -0.608. The molecule has 0 aliphatic carbocycles. The molecule has 0 saturated carbocycles. The van der Waals surface area contributed by atoms with E-state index in [-0.39, 0.29) is 41.0 Å². The Kier molecular flexibility index (Phi) is 24.5. The second-order valence-electron chi connectivity index (χ2n) is 7.58. The number of carbonyl (C=O) groups is 2. The van der Waals surface area contributed by atoms with E-state index in [9.17, 15) is 29.8 Å². The Labute approximate surface area is 254 Å². The van der Waals surface area contributed by atoms with Crippen molar-refractivity contribution in [2.45, 2.75) is 51.5 Å². The number of hydrogen-bond donors (Lipinski definition) is 1. The molecule has 2 atom stereocenters. The van der Waals surface area contributed by atoms with Gasteiger partial charge in [-0.05, 0) is 44.0 Å². The van der Waals surface area contributed by atoms with Gasteiger partial charge in [0.1, 0.15) is 0 Å². The minimum atomic E-state index is -0.776. The van der Waals surface area contributed by atoms with Gasteiger partial charge in [0.05, 0.1) is 41.3 Å². The van der Waals surface area contributed by atoms with Gasteiger partial charge in [-0.15, -0.1) is 0 Å². The Hall–Kier alpha value is -4.98. The van der Waals surface area contributed by atoms with Crippen molar-refractivity contribution >= 4 is 51.5 Å². The number of phenolic OH excluding ortho intramolecular Hbond substituents is 1. The molecule has 236 valence electrons. The second kappa shape index (κ2) is 24.8. The van der Waals surface area contributed by atoms with Crippen molar-refractivity contribution in [1.29, 1.82) is 0 Å². The Morgan fingerprint density at radius 3 is 1.53 bits per heavy atom. The SMILES string of the molecule is CCC(C)Br.CCC(C)Oc1ccc(C(=O)OC)cc1[N+](=O)[O-].COC(=O)c1ccc(O)c([N+](=O)[O-])c1.O=C=O.O=C=O. The van der Waals surface area contributed by atoms with E-state index in [1.54, 1.807) is 0 Å². The van der Waals surface area contributed by atoms with Gasteiger partial charge in [-0.25, -0.2) is 9.59 Å². The maximum absolute atomic E-state index is 11.3. The van der Waals surface area contributed by atoms with Gasteiger partial charge in [0.2, 0.25) is 0 Å². The summed E-state index contributed by atoms with van der Waals surface area (Å²) in [4.78, 5) is 75.4. The van der Waals surface area contributed by atoms with E-state index in [2.05, 4.69) is 39.3 Å². The third-order valence-corrected chi connectivity index (χ3v) is 5.28. The summed E-state index contributed by atoms with van der Waals surface area (Å²) in [6.07, 6.45) is 2.32. The highest BCUT2D eigenvalue weighted by Gasteiger charge is 2.20. The Morgan fingerprint density at radius 2 is 1.21 bits per heavy atom. The lowest BCUT2D eigenvalue weighted by Crippen LogP contribution is -2.11. The number of hydrogen-bond acceptors (Lipinski definition) is 14. The molecule has 0 heterocycles. The van der Waals surface area contributed by atoms with Gasteiger partial charge in [-0.2, -0.15) is 19.2 Å². The summed E-state index contributed by atoms with van der Waals surface area (Å²) in [7, 11) is 2.39. The van der Waals surface area contributed by atoms with Gasteiger partial charge in [-0.1, -0.05) is 36.7 Å². The van der Waals surface area contributed by atoms with Crippen LogP contribution in [0.2, 0.25) is 0 Å². The average molecular weight is 675 g/mol. The fourth-order valence-electron chi connectivity index (χ4n) is 2.22. The summed E-state index contributed by atoms with van der Waals surface area (Å²) in [5, 5.41) is 30.4. The number of benzene rings is 2. The zero-order chi connectivity index (χ0) is 34.1. The first-order valence-electron chi connectivity index (χ1n) is 11.9. The third kappa shape index (κ3) is 18.9. The van der Waals surface area contributed by atoms with Crippen molar-refractivity contribution in [3.8, 4) is 11.5 Å². The van der Waals surface area contributed by atoms with E-state index in [0.29, 0.717) is 4.83 Å². The summed E-state index contributed by atoms with van der Waals surface area (Å²) < 4.78 is 14.3. The van der Waals surface area contributed by atoms with E-state index in [1.165, 1.54) is 38.8 Å². The van der Waals surface area contributed by atoms with Crippen LogP contribution in [0.3, 0.4) is 0 Å². The molecule has 2 unspecified atom stereocenters. The molecule has 16 nitrogen and oxygen atoms in total. The molecule has 0 spiro atoms. The van der Waals surface area contributed by atoms with Crippen LogP contribution >= 0.6 is 15.9 Å². The Morgan fingerprint density at radius 1 is 0.837 bits per heavy atom. The highest BCUT2D eigenvalue weighted by Crippen LogP contribution is 2.29. The van der Waals surface area contributed by atoms with E-state index in [4.69, 9.17) is 29.0 Å². The number of halogens is 1. The normalized spacial score (nSPS) is 10.1. The van der Waals surface area contributed by atoms with E-state index in [1.807, 2.05) is 13.8 Å². The van der Waals surface area contributed by atoms with Gasteiger partial charge >= 0.3 is 35.6 Å². The predicted octanol–water partition coefficient (Wildman–Crippen LogP) is 4.66. The summed E-state index contributed by atoms with van der Waals surface area (Å²) in [6.45, 7) is 8.02. The first-order valence-corrected chi connectivity index (χ1v) is 12.8. The van der Waals surface area contributed by atoms with Crippen LogP contribution < -0.4 is 4.74 Å². The number of rotatable bonds is 8. The molecule has 0 radical (unpaired) electrons. The molecule has 0 aliphatic rings. The lowest BCUT2D eigenvalue weighted by molar-refractivity contribution is -0.386. The maximum Gasteiger partial charge on any atom is 0.373 e. The third-order valence-electron chi connectivity index (χ3n) is 4.64. The topological polar surface area (TPSA) is 237 Å². The molecule has 0 bridgehead atoms. The van der Waals surface area contributed by atoms with Crippen LogP contribution in [0.25, 0.3) is 0 Å². The number of nitro benzene ring substituents is 2. The lowest BCUT2D eigenvalue weighted by atomic mass is 10.2. The van der Waals surface area contributed by atoms with Gasteiger partial charge in [-0.3, -0.25) is 20.2 Å². The molecule has 43 heavy (non-hydrogen) atoms. The molecule has 1 N–H and O–H groups in total. The fraction of sp³-hybridized carbons (Fsp3) is 0.385. The zero-order valence-electron chi connectivity index (χ0n) is 24.1. The van der Waals surface area contributed by atoms with Gasteiger partial charge < -0.3 is 19.3 Å². The number of aromatic hydroxyl groups is 1. The quantitative estimate of drug-likeness (QED) is 0.173. The van der Waals surface area contributed by atoms with Crippen LogP contribution in [-0.4, -0.2) is 64.3 Å². The first-order chi connectivity index (χ1) is 20.1. The fourth-order valence-corrected chi connectivity index (χ4v) is 2.22. The first kappa shape index (κ1) is 42.5. The number of phenols is 1. The number of ether oxygens (including phenoxy) is 3. The second-order valence-corrected chi connectivity index (χ2v) is 9.14. The maximum atomic E-state index is 11.3. The van der Waals surface area contributed by atoms with E-state index < -0.39 is 33.2 Å². The monoisotopic (exact) mass is 674 g/mol. The van der Waals surface area contributed by atoms with Crippen LogP contribution in [0.1, 0.15) is 61.3 Å². The lowest BCUT2D eigenvalue weighted by Gasteiger charge is -2.12. The van der Waals surface area contributed by atoms with E-state index in [0.717, 1.165) is 24.6 Å². The number of carbonyl (C=O) groups excluding carboxylic acids is 6. The predicted molar refractivity (Wildman–Crippen MR) is 150 cm³/mol. The molecule has 0 aliphatic heterocycles. The molecule has 0 fully saturated rings. The van der Waals surface area contributed by atoms with Gasteiger partial charge in [0, 0.05) is 17.0 Å². The van der Waals surface area contributed by atoms with Crippen LogP contribution in [0, 0.1) is 20.2 Å². The number of nitrogens with zero attached hydrogens (tertiary/aromatic N) is 2. The van der Waals surface area contributed by atoms with Crippen LogP contribution in [0.4, 0.5) is 11.4 Å². The van der Waals surface area contributed by atoms with Crippen LogP contribution in [-0.2, 0) is 28.7 Å². The number of alkyl halides is 1. The molecule has 0 amide bonds. The molecular weight excluding hydrogens is 644 g/mol. The number of nitro groups is 2. The highest BCUT2D eigenvalue weighted by molar-refractivity contribution is 9.09. The zero-order valence-corrected chi connectivity index (χ0v) is 25.6. The Bertz CT molecular complexity index is 1240. The van der Waals surface area contributed by atoms with Crippen molar-refractivity contribution in [2.24, 2.45) is 0 Å². The summed E-state index contributed by atoms with van der Waals surface area (Å²) >= 11 is 3.37. The molecule has 17 heteroatoms. The molecule has 2 rings (SSSR count). The molecule has 2 aromatic rings. The van der Waals surface area contributed by atoms with Crippen LogP contribution in [0.5, 0.6) is 11.5 Å². The van der Waals surface area contributed by atoms with E-state index >= 15 is 0 Å². The van der Waals surface area contributed by atoms with Crippen LogP contribution in [0.15, 0.2) is 36.4 Å². The van der Waals surface area contributed by atoms with Crippen molar-refractivity contribution in [1.82, 2.24) is 0 Å². The van der Waals surface area contributed by atoms with Crippen molar-refractivity contribution in [3.63, 3.8) is 0 Å². The number of esters is 2. The minimum Gasteiger partial charge on any atom is -0.502 e. The highest BCUT2D eigenvalue weighted by atomic mass is 79.9. The standard InChI is InChI=1S/C12H15NO5.C8H7NO5.C4H9Br.2CO2/c1-4-8(2)18-11-6-5-9(12(14)17-3)7-10(11)13(15)16;1-14-8(11)5-2-3-7(10)6(4-5)9(12)13;1-3-4(2)5;2*2-1-3/h5-8H,4H2,1-3H3;2-4,10H,1H3;4H,3H2,1-2H3;;. The molecule has 0 saturated heterocycles. The Balaban J connectivity index is -0.000000563. The molecule has 2 aromatic carbocycles. The summed E-state index contributed by atoms with van der Waals surface area (Å²) in [6, 6.07) is 7.29. The van der Waals surface area contributed by atoms with Gasteiger partial charge in [0.25, 0.3) is 0 Å². The summed E-state index contributed by atoms with van der Waals surface area (Å²) in [5.74, 6) is -1.63. The van der Waals surface area contributed by atoms with Crippen molar-refractivity contribution in [3.05, 3.63) is 67.8 Å². The smallest absolute Gasteiger partial charge is 0.373 e. The number of methoxy groups -OCH3 is 2. The average Bonchev–Trinajstić information content (AvgIpc) is 2.97.